The van der Waals surface area contributed by atoms with Crippen molar-refractivity contribution in [2.75, 3.05) is 12.3 Å². The number of aromatic nitrogens is 1. The van der Waals surface area contributed by atoms with Crippen molar-refractivity contribution in [2.45, 2.75) is 6.54 Å². The van der Waals surface area contributed by atoms with Gasteiger partial charge in [0.2, 0.25) is 0 Å². The Balaban J connectivity index is 2.02. The molecule has 0 fully saturated rings. The van der Waals surface area contributed by atoms with Gasteiger partial charge < -0.3 is 15.0 Å². The highest BCUT2D eigenvalue weighted by molar-refractivity contribution is 9.10. The minimum absolute atomic E-state index is 0.145. The molecule has 0 saturated carbocycles. The number of nitrogens with zero attached hydrogens (tertiary/aromatic N) is 1. The van der Waals surface area contributed by atoms with Gasteiger partial charge in [0.1, 0.15) is 6.61 Å². The van der Waals surface area contributed by atoms with E-state index in [4.69, 9.17) is 10.5 Å². The Labute approximate surface area is 117 Å². The molecule has 2 N–H and O–H groups in total. The van der Waals surface area contributed by atoms with Crippen molar-refractivity contribution in [2.24, 2.45) is 0 Å². The van der Waals surface area contributed by atoms with E-state index in [1.807, 2.05) is 0 Å². The Kier molecular flexibility index (Phi) is 4.21. The molecule has 19 heavy (non-hydrogen) atoms. The first-order chi connectivity index (χ1) is 9.06. The number of halogens is 2. The first-order valence-corrected chi connectivity index (χ1v) is 6.39. The third-order valence-corrected chi connectivity index (χ3v) is 2.98. The molecule has 0 bridgehead atoms. The van der Waals surface area contributed by atoms with Gasteiger partial charge in [0.15, 0.2) is 11.6 Å². The number of nitrogens with two attached hydrogens (primary N) is 1. The number of hydrogen-bond donors (Lipinski definition) is 1. The average Bonchev–Trinajstić information content (AvgIpc) is 2.38. The summed E-state index contributed by atoms with van der Waals surface area (Å²) in [4.78, 5) is 11.5. The molecule has 1 aromatic carbocycles. The Morgan fingerprint density at radius 1 is 1.32 bits per heavy atom. The highest BCUT2D eigenvalue weighted by Gasteiger charge is 2.04. The van der Waals surface area contributed by atoms with Crippen LogP contribution in [0.2, 0.25) is 0 Å². The molecule has 0 atom stereocenters. The Bertz CT molecular complexity index is 643. The van der Waals surface area contributed by atoms with Gasteiger partial charge in [-0.2, -0.15) is 0 Å². The summed E-state index contributed by atoms with van der Waals surface area (Å²) in [6, 6.07) is 7.36. The third kappa shape index (κ3) is 3.57. The van der Waals surface area contributed by atoms with E-state index in [2.05, 4.69) is 15.9 Å². The number of anilines is 1. The van der Waals surface area contributed by atoms with E-state index in [0.29, 0.717) is 12.2 Å². The summed E-state index contributed by atoms with van der Waals surface area (Å²) in [5.41, 5.74) is 5.91. The maximum absolute atomic E-state index is 13.4. The molecular formula is C13H12BrFN2O2. The number of ether oxygens (including phenoxy) is 1. The molecule has 0 unspecified atom stereocenters. The van der Waals surface area contributed by atoms with E-state index in [9.17, 15) is 9.18 Å². The molecule has 100 valence electrons. The smallest absolute Gasteiger partial charge is 0.250 e. The van der Waals surface area contributed by atoms with E-state index >= 15 is 0 Å². The second-order valence-electron chi connectivity index (χ2n) is 3.92. The molecule has 0 amide bonds. The van der Waals surface area contributed by atoms with Gasteiger partial charge >= 0.3 is 0 Å². The number of hydrogen-bond acceptors (Lipinski definition) is 3. The van der Waals surface area contributed by atoms with E-state index in [0.717, 1.165) is 4.47 Å². The normalized spacial score (nSPS) is 10.4. The molecule has 6 heteroatoms. The maximum Gasteiger partial charge on any atom is 0.250 e. The topological polar surface area (TPSA) is 57.2 Å². The number of benzene rings is 1. The lowest BCUT2D eigenvalue weighted by atomic mass is 10.3. The van der Waals surface area contributed by atoms with Crippen LogP contribution in [0.25, 0.3) is 0 Å². The first kappa shape index (κ1) is 13.6. The molecule has 0 radical (unpaired) electrons. The maximum atomic E-state index is 13.4. The van der Waals surface area contributed by atoms with Crippen molar-refractivity contribution in [1.29, 1.82) is 0 Å². The van der Waals surface area contributed by atoms with Crippen molar-refractivity contribution < 1.29 is 9.13 Å². The van der Waals surface area contributed by atoms with Crippen LogP contribution in [0.3, 0.4) is 0 Å². The summed E-state index contributed by atoms with van der Waals surface area (Å²) in [5, 5.41) is 0. The fourth-order valence-corrected chi connectivity index (χ4v) is 1.91. The van der Waals surface area contributed by atoms with Crippen molar-refractivity contribution in [3.8, 4) is 5.75 Å². The third-order valence-electron chi connectivity index (χ3n) is 2.49. The van der Waals surface area contributed by atoms with E-state index in [1.165, 1.54) is 35.0 Å². The monoisotopic (exact) mass is 326 g/mol. The van der Waals surface area contributed by atoms with E-state index < -0.39 is 5.82 Å². The molecule has 1 aromatic heterocycles. The number of nitrogen functional groups attached to an aromatic ring is 1. The van der Waals surface area contributed by atoms with Crippen molar-refractivity contribution >= 4 is 21.6 Å². The minimum Gasteiger partial charge on any atom is -0.489 e. The van der Waals surface area contributed by atoms with E-state index in [-0.39, 0.29) is 17.9 Å². The number of rotatable bonds is 4. The van der Waals surface area contributed by atoms with Crippen LogP contribution >= 0.6 is 15.9 Å². The Morgan fingerprint density at radius 2 is 2.11 bits per heavy atom. The van der Waals surface area contributed by atoms with Crippen LogP contribution in [-0.4, -0.2) is 11.2 Å². The van der Waals surface area contributed by atoms with Gasteiger partial charge in [-0.25, -0.2) is 4.39 Å². The summed E-state index contributed by atoms with van der Waals surface area (Å²) < 4.78 is 20.9. The molecule has 0 aliphatic rings. The highest BCUT2D eigenvalue weighted by atomic mass is 79.9. The summed E-state index contributed by atoms with van der Waals surface area (Å²) >= 11 is 3.24. The zero-order chi connectivity index (χ0) is 13.8. The van der Waals surface area contributed by atoms with E-state index in [1.54, 1.807) is 6.07 Å². The predicted molar refractivity (Wildman–Crippen MR) is 74.7 cm³/mol. The molecule has 4 nitrogen and oxygen atoms in total. The van der Waals surface area contributed by atoms with Gasteiger partial charge in [0.25, 0.3) is 5.56 Å². The molecular weight excluding hydrogens is 315 g/mol. The molecule has 1 heterocycles. The lowest BCUT2D eigenvalue weighted by Gasteiger charge is -2.09. The quantitative estimate of drug-likeness (QED) is 0.938. The molecule has 0 saturated heterocycles. The second-order valence-corrected chi connectivity index (χ2v) is 4.83. The van der Waals surface area contributed by atoms with Crippen LogP contribution in [-0.2, 0) is 6.54 Å². The fraction of sp³-hybridized carbons (Fsp3) is 0.154. The summed E-state index contributed by atoms with van der Waals surface area (Å²) in [6.07, 6.45) is 1.53. The Hall–Kier alpha value is -1.82. The van der Waals surface area contributed by atoms with Crippen LogP contribution in [0, 0.1) is 5.82 Å². The fourth-order valence-electron chi connectivity index (χ4n) is 1.57. The van der Waals surface area contributed by atoms with Gasteiger partial charge in [-0.05, 0) is 24.3 Å². The van der Waals surface area contributed by atoms with Gasteiger partial charge in [-0.3, -0.25) is 4.79 Å². The van der Waals surface area contributed by atoms with Crippen LogP contribution < -0.4 is 16.0 Å². The van der Waals surface area contributed by atoms with Gasteiger partial charge in [-0.15, -0.1) is 0 Å². The summed E-state index contributed by atoms with van der Waals surface area (Å²) in [5.74, 6) is -0.297. The van der Waals surface area contributed by atoms with Crippen molar-refractivity contribution in [3.05, 3.63) is 57.2 Å². The molecule has 0 aliphatic carbocycles. The largest absolute Gasteiger partial charge is 0.489 e. The lowest BCUT2D eigenvalue weighted by molar-refractivity contribution is 0.282. The van der Waals surface area contributed by atoms with Gasteiger partial charge in [0.05, 0.1) is 6.54 Å². The van der Waals surface area contributed by atoms with Crippen molar-refractivity contribution in [3.63, 3.8) is 0 Å². The summed E-state index contributed by atoms with van der Waals surface area (Å²) in [6.45, 7) is 0.479. The predicted octanol–water partition coefficient (Wildman–Crippen LogP) is 2.41. The molecule has 2 rings (SSSR count). The van der Waals surface area contributed by atoms with Gasteiger partial charge in [0, 0.05) is 22.4 Å². The highest BCUT2D eigenvalue weighted by Crippen LogP contribution is 2.22. The van der Waals surface area contributed by atoms with Gasteiger partial charge in [-0.1, -0.05) is 15.9 Å². The van der Waals surface area contributed by atoms with Crippen molar-refractivity contribution in [1.82, 2.24) is 4.57 Å². The summed E-state index contributed by atoms with van der Waals surface area (Å²) in [7, 11) is 0. The zero-order valence-electron chi connectivity index (χ0n) is 9.98. The van der Waals surface area contributed by atoms with Crippen LogP contribution in [0.1, 0.15) is 0 Å². The molecule has 0 aliphatic heterocycles. The standard InChI is InChI=1S/C13H12BrFN2O2/c14-9-1-3-11(15)12(7-9)19-6-5-17-8-10(16)2-4-13(17)18/h1-4,7-8H,5-6,16H2. The first-order valence-electron chi connectivity index (χ1n) is 5.60. The lowest BCUT2D eigenvalue weighted by Crippen LogP contribution is -2.22. The second kappa shape index (κ2) is 5.88. The number of pyridine rings is 1. The SMILES string of the molecule is Nc1ccc(=O)n(CCOc2cc(Br)ccc2F)c1. The van der Waals surface area contributed by atoms with Crippen LogP contribution in [0.5, 0.6) is 5.75 Å². The zero-order valence-corrected chi connectivity index (χ0v) is 11.6. The molecule has 0 spiro atoms. The minimum atomic E-state index is -0.442. The Morgan fingerprint density at radius 3 is 2.89 bits per heavy atom. The van der Waals surface area contributed by atoms with Crippen LogP contribution in [0.15, 0.2) is 45.8 Å². The van der Waals surface area contributed by atoms with Crippen LogP contribution in [0.4, 0.5) is 10.1 Å². The average molecular weight is 327 g/mol. The molecule has 2 aromatic rings.